The molecule has 0 bridgehead atoms. The number of rotatable bonds is 6. The average Bonchev–Trinajstić information content (AvgIpc) is 3.12. The van der Waals surface area contributed by atoms with Crippen LogP contribution in [0.25, 0.3) is 27.3 Å². The van der Waals surface area contributed by atoms with Gasteiger partial charge in [0.2, 0.25) is 0 Å². The first-order chi connectivity index (χ1) is 16.6. The van der Waals surface area contributed by atoms with Crippen LogP contribution < -0.4 is 0 Å². The smallest absolute Gasteiger partial charge is 0.295 e. The number of fused-ring (bicyclic) bond motifs is 2. The Bertz CT molecular complexity index is 1430. The summed E-state index contributed by atoms with van der Waals surface area (Å²) >= 11 is 0. The third-order valence-corrected chi connectivity index (χ3v) is 6.43. The molecule has 34 heavy (non-hydrogen) atoms. The molecule has 4 aromatic carbocycles. The lowest BCUT2D eigenvalue weighted by molar-refractivity contribution is -0.140. The van der Waals surface area contributed by atoms with Crippen molar-refractivity contribution in [3.63, 3.8) is 0 Å². The van der Waals surface area contributed by atoms with E-state index in [-0.39, 0.29) is 11.3 Å². The van der Waals surface area contributed by atoms with Crippen LogP contribution in [0.15, 0.2) is 90.5 Å². The van der Waals surface area contributed by atoms with E-state index in [9.17, 15) is 14.7 Å². The Morgan fingerprint density at radius 1 is 0.882 bits per heavy atom. The van der Waals surface area contributed by atoms with E-state index in [0.717, 1.165) is 27.1 Å². The topological polar surface area (TPSA) is 66.8 Å². The Hall–Kier alpha value is -3.96. The number of Topliss-reactive ketones (excluding diaryl/α,β-unsaturated/α-hetero) is 1. The molecule has 0 saturated carbocycles. The number of ether oxygens (including phenoxy) is 1. The number of nitrogens with zero attached hydrogens (tertiary/aromatic N) is 1. The van der Waals surface area contributed by atoms with E-state index in [1.165, 1.54) is 0 Å². The highest BCUT2D eigenvalue weighted by Crippen LogP contribution is 2.42. The number of carbonyl (C=O) groups is 2. The van der Waals surface area contributed by atoms with Gasteiger partial charge in [0, 0.05) is 25.8 Å². The summed E-state index contributed by atoms with van der Waals surface area (Å²) in [5.41, 5.74) is 1.45. The summed E-state index contributed by atoms with van der Waals surface area (Å²) in [5, 5.41) is 15.3. The van der Waals surface area contributed by atoms with E-state index < -0.39 is 17.7 Å². The van der Waals surface area contributed by atoms with Crippen LogP contribution in [0.3, 0.4) is 0 Å². The van der Waals surface area contributed by atoms with E-state index in [1.807, 2.05) is 78.9 Å². The summed E-state index contributed by atoms with van der Waals surface area (Å²) in [4.78, 5) is 28.0. The molecule has 1 amide bonds. The molecule has 0 radical (unpaired) electrons. The minimum atomic E-state index is -0.686. The van der Waals surface area contributed by atoms with Crippen LogP contribution >= 0.6 is 0 Å². The monoisotopic (exact) mass is 451 g/mol. The fourth-order valence-electron chi connectivity index (χ4n) is 4.79. The van der Waals surface area contributed by atoms with Crippen molar-refractivity contribution in [1.29, 1.82) is 0 Å². The maximum absolute atomic E-state index is 13.3. The molecule has 1 unspecified atom stereocenters. The summed E-state index contributed by atoms with van der Waals surface area (Å²) in [6, 6.07) is 26.4. The first-order valence-corrected chi connectivity index (χ1v) is 11.3. The van der Waals surface area contributed by atoms with Gasteiger partial charge in [0.05, 0.1) is 11.6 Å². The summed E-state index contributed by atoms with van der Waals surface area (Å²) in [6.07, 6.45) is 0.584. The van der Waals surface area contributed by atoms with Gasteiger partial charge in [-0.1, -0.05) is 78.9 Å². The molecular formula is C29H25NO4. The van der Waals surface area contributed by atoms with Crippen LogP contribution in [0, 0.1) is 0 Å². The Balaban J connectivity index is 1.71. The van der Waals surface area contributed by atoms with Gasteiger partial charge < -0.3 is 14.7 Å². The van der Waals surface area contributed by atoms with Gasteiger partial charge in [-0.05, 0) is 39.6 Å². The molecule has 1 heterocycles. The molecule has 170 valence electrons. The highest BCUT2D eigenvalue weighted by atomic mass is 16.5. The summed E-state index contributed by atoms with van der Waals surface area (Å²) < 4.78 is 5.18. The van der Waals surface area contributed by atoms with Crippen LogP contribution in [0.1, 0.15) is 23.6 Å². The SMILES string of the molecule is COCCCN1C(=O)C(=O)/C(=C(\O)c2ccc3ccccc3c2)C1c1cccc2ccccc12. The second kappa shape index (κ2) is 9.12. The van der Waals surface area contributed by atoms with Gasteiger partial charge >= 0.3 is 0 Å². The molecule has 0 aromatic heterocycles. The van der Waals surface area contributed by atoms with Crippen LogP contribution in [-0.2, 0) is 14.3 Å². The minimum Gasteiger partial charge on any atom is -0.507 e. The number of aliphatic hydroxyl groups is 1. The number of benzene rings is 4. The molecular weight excluding hydrogens is 426 g/mol. The second-order valence-corrected chi connectivity index (χ2v) is 8.47. The van der Waals surface area contributed by atoms with E-state index >= 15 is 0 Å². The number of likely N-dealkylation sites (tertiary alicyclic amines) is 1. The number of hydrogen-bond acceptors (Lipinski definition) is 4. The van der Waals surface area contributed by atoms with Crippen LogP contribution in [-0.4, -0.2) is 42.0 Å². The lowest BCUT2D eigenvalue weighted by Gasteiger charge is -2.26. The number of ketones is 1. The summed E-state index contributed by atoms with van der Waals surface area (Å²) in [5.74, 6) is -1.42. The average molecular weight is 452 g/mol. The van der Waals surface area contributed by atoms with Gasteiger partial charge in [0.1, 0.15) is 5.76 Å². The van der Waals surface area contributed by atoms with Crippen molar-refractivity contribution in [2.75, 3.05) is 20.3 Å². The van der Waals surface area contributed by atoms with Crippen molar-refractivity contribution >= 4 is 39.0 Å². The lowest BCUT2D eigenvalue weighted by atomic mass is 9.91. The Labute approximate surface area is 197 Å². The van der Waals surface area contributed by atoms with Gasteiger partial charge in [-0.3, -0.25) is 9.59 Å². The van der Waals surface area contributed by atoms with Crippen LogP contribution in [0.5, 0.6) is 0 Å². The fourth-order valence-corrected chi connectivity index (χ4v) is 4.79. The fraction of sp³-hybridized carbons (Fsp3) is 0.172. The molecule has 1 N–H and O–H groups in total. The number of methoxy groups -OCH3 is 1. The Morgan fingerprint density at radius 3 is 2.38 bits per heavy atom. The molecule has 5 nitrogen and oxygen atoms in total. The molecule has 0 spiro atoms. The highest BCUT2D eigenvalue weighted by molar-refractivity contribution is 6.46. The molecule has 1 atom stereocenters. The van der Waals surface area contributed by atoms with Crippen molar-refractivity contribution in [3.05, 3.63) is 102 Å². The van der Waals surface area contributed by atoms with Gasteiger partial charge in [-0.25, -0.2) is 0 Å². The van der Waals surface area contributed by atoms with Crippen molar-refractivity contribution in [1.82, 2.24) is 4.90 Å². The zero-order valence-electron chi connectivity index (χ0n) is 18.9. The predicted octanol–water partition coefficient (Wildman–Crippen LogP) is 5.45. The zero-order valence-corrected chi connectivity index (χ0v) is 18.9. The Morgan fingerprint density at radius 2 is 1.59 bits per heavy atom. The maximum atomic E-state index is 13.3. The molecule has 0 aliphatic carbocycles. The van der Waals surface area contributed by atoms with Gasteiger partial charge in [0.15, 0.2) is 0 Å². The van der Waals surface area contributed by atoms with Crippen molar-refractivity contribution in [2.45, 2.75) is 12.5 Å². The number of amides is 1. The van der Waals surface area contributed by atoms with E-state index in [1.54, 1.807) is 18.1 Å². The quantitative estimate of drug-likeness (QED) is 0.183. The first kappa shape index (κ1) is 21.9. The predicted molar refractivity (Wildman–Crippen MR) is 133 cm³/mol. The van der Waals surface area contributed by atoms with Gasteiger partial charge in [-0.2, -0.15) is 0 Å². The van der Waals surface area contributed by atoms with Crippen molar-refractivity contribution in [3.8, 4) is 0 Å². The molecule has 5 rings (SSSR count). The minimum absolute atomic E-state index is 0.119. The van der Waals surface area contributed by atoms with E-state index in [4.69, 9.17) is 4.74 Å². The van der Waals surface area contributed by atoms with E-state index in [2.05, 4.69) is 0 Å². The lowest BCUT2D eigenvalue weighted by Crippen LogP contribution is -2.31. The molecule has 4 aromatic rings. The Kier molecular flexibility index (Phi) is 5.86. The molecule has 1 fully saturated rings. The third kappa shape index (κ3) is 3.74. The summed E-state index contributed by atoms with van der Waals surface area (Å²) in [7, 11) is 1.61. The number of hydrogen-bond donors (Lipinski definition) is 1. The maximum Gasteiger partial charge on any atom is 0.295 e. The van der Waals surface area contributed by atoms with Gasteiger partial charge in [0.25, 0.3) is 11.7 Å². The highest BCUT2D eigenvalue weighted by Gasteiger charge is 2.46. The zero-order chi connectivity index (χ0) is 23.7. The largest absolute Gasteiger partial charge is 0.507 e. The number of aliphatic hydroxyl groups excluding tert-OH is 1. The van der Waals surface area contributed by atoms with Crippen LogP contribution in [0.4, 0.5) is 0 Å². The normalized spacial score (nSPS) is 17.7. The summed E-state index contributed by atoms with van der Waals surface area (Å²) in [6.45, 7) is 0.816. The van der Waals surface area contributed by atoms with Crippen molar-refractivity contribution in [2.24, 2.45) is 0 Å². The van der Waals surface area contributed by atoms with E-state index in [0.29, 0.717) is 25.1 Å². The standard InChI is InChI=1S/C29H25NO4/c1-34-17-7-16-30-26(24-13-6-11-20-9-4-5-12-23(20)24)25(28(32)29(30)33)27(31)22-15-14-19-8-2-3-10-21(19)18-22/h2-6,8-15,18,26,31H,7,16-17H2,1H3/b27-25-. The van der Waals surface area contributed by atoms with Crippen molar-refractivity contribution < 1.29 is 19.4 Å². The van der Waals surface area contributed by atoms with Gasteiger partial charge in [-0.15, -0.1) is 0 Å². The molecule has 5 heteroatoms. The first-order valence-electron chi connectivity index (χ1n) is 11.3. The van der Waals surface area contributed by atoms with Crippen LogP contribution in [0.2, 0.25) is 0 Å². The molecule has 1 aliphatic heterocycles. The second-order valence-electron chi connectivity index (χ2n) is 8.47. The number of carbonyl (C=O) groups excluding carboxylic acids is 2. The molecule has 1 aliphatic rings. The third-order valence-electron chi connectivity index (χ3n) is 6.43. The molecule has 1 saturated heterocycles.